The van der Waals surface area contributed by atoms with E-state index in [1.807, 2.05) is 31.0 Å². The van der Waals surface area contributed by atoms with Gasteiger partial charge in [-0.2, -0.15) is 5.10 Å². The highest BCUT2D eigenvalue weighted by Gasteiger charge is 2.08. The van der Waals surface area contributed by atoms with Crippen molar-refractivity contribution in [1.82, 2.24) is 20.0 Å². The molecule has 0 saturated carbocycles. The quantitative estimate of drug-likeness (QED) is 0.282. The Balaban J connectivity index is 0.00000288. The van der Waals surface area contributed by atoms with Crippen molar-refractivity contribution in [1.29, 1.82) is 0 Å². The van der Waals surface area contributed by atoms with Gasteiger partial charge in [-0.25, -0.2) is 0 Å². The second-order valence-electron chi connectivity index (χ2n) is 5.56. The molecule has 0 saturated heterocycles. The van der Waals surface area contributed by atoms with Gasteiger partial charge in [-0.15, -0.1) is 24.0 Å². The molecule has 7 heteroatoms. The molecule has 2 rings (SSSR count). The molecule has 2 aromatic rings. The predicted octanol–water partition coefficient (Wildman–Crippen LogP) is 3.67. The summed E-state index contributed by atoms with van der Waals surface area (Å²) in [4.78, 5) is 6.48. The van der Waals surface area contributed by atoms with Crippen LogP contribution in [0.2, 0.25) is 0 Å². The SMILES string of the molecule is CN=C(NCCCn1cc(C)cn1)N(C)Cc1ccccc1Br.I. The Bertz CT molecular complexity index is 656. The van der Waals surface area contributed by atoms with Crippen LogP contribution in [0.5, 0.6) is 0 Å². The molecule has 0 aliphatic heterocycles. The van der Waals surface area contributed by atoms with Crippen LogP contribution in [0.3, 0.4) is 0 Å². The highest BCUT2D eigenvalue weighted by Crippen LogP contribution is 2.17. The number of nitrogens with zero attached hydrogens (tertiary/aromatic N) is 4. The fourth-order valence-electron chi connectivity index (χ4n) is 2.37. The number of benzene rings is 1. The molecule has 0 radical (unpaired) electrons. The van der Waals surface area contributed by atoms with Crippen LogP contribution in [0.1, 0.15) is 17.5 Å². The Morgan fingerprint density at radius 3 is 2.75 bits per heavy atom. The number of halogens is 2. The Hall–Kier alpha value is -1.09. The van der Waals surface area contributed by atoms with Gasteiger partial charge >= 0.3 is 0 Å². The third-order valence-electron chi connectivity index (χ3n) is 3.55. The van der Waals surface area contributed by atoms with Crippen molar-refractivity contribution in [2.75, 3.05) is 20.6 Å². The molecule has 0 spiro atoms. The number of aliphatic imine (C=N–C) groups is 1. The lowest BCUT2D eigenvalue weighted by Gasteiger charge is -2.22. The Labute approximate surface area is 169 Å². The summed E-state index contributed by atoms with van der Waals surface area (Å²) in [6, 6.07) is 8.26. The molecule has 1 aromatic carbocycles. The molecule has 0 aliphatic carbocycles. The number of aryl methyl sites for hydroxylation is 2. The van der Waals surface area contributed by atoms with Crippen molar-refractivity contribution in [3.05, 3.63) is 52.3 Å². The van der Waals surface area contributed by atoms with Gasteiger partial charge in [-0.05, 0) is 30.5 Å². The van der Waals surface area contributed by atoms with Crippen LogP contribution >= 0.6 is 39.9 Å². The number of rotatable bonds is 6. The fourth-order valence-corrected chi connectivity index (χ4v) is 2.78. The van der Waals surface area contributed by atoms with Gasteiger partial charge in [-0.1, -0.05) is 34.1 Å². The van der Waals surface area contributed by atoms with E-state index in [-0.39, 0.29) is 24.0 Å². The zero-order valence-corrected chi connectivity index (χ0v) is 18.3. The van der Waals surface area contributed by atoms with Crippen LogP contribution in [0.4, 0.5) is 0 Å². The van der Waals surface area contributed by atoms with Gasteiger partial charge in [0.1, 0.15) is 0 Å². The lowest BCUT2D eigenvalue weighted by Crippen LogP contribution is -2.39. The summed E-state index contributed by atoms with van der Waals surface area (Å²) in [6.45, 7) is 4.64. The van der Waals surface area contributed by atoms with E-state index in [1.165, 1.54) is 11.1 Å². The van der Waals surface area contributed by atoms with Gasteiger partial charge in [0.25, 0.3) is 0 Å². The predicted molar refractivity (Wildman–Crippen MR) is 114 cm³/mol. The van der Waals surface area contributed by atoms with Crippen molar-refractivity contribution >= 4 is 45.9 Å². The maximum absolute atomic E-state index is 4.36. The third kappa shape index (κ3) is 6.43. The highest BCUT2D eigenvalue weighted by atomic mass is 127. The summed E-state index contributed by atoms with van der Waals surface area (Å²) in [5.41, 5.74) is 2.44. The minimum atomic E-state index is 0. The van der Waals surface area contributed by atoms with E-state index in [2.05, 4.69) is 67.6 Å². The van der Waals surface area contributed by atoms with Crippen LogP contribution in [-0.2, 0) is 13.1 Å². The minimum absolute atomic E-state index is 0. The van der Waals surface area contributed by atoms with Gasteiger partial charge in [0.2, 0.25) is 0 Å². The van der Waals surface area contributed by atoms with E-state index in [0.717, 1.165) is 36.5 Å². The van der Waals surface area contributed by atoms with E-state index in [4.69, 9.17) is 0 Å². The van der Waals surface area contributed by atoms with E-state index in [9.17, 15) is 0 Å². The zero-order valence-electron chi connectivity index (χ0n) is 14.4. The number of hydrogen-bond donors (Lipinski definition) is 1. The summed E-state index contributed by atoms with van der Waals surface area (Å²) in [6.07, 6.45) is 4.95. The Kier molecular flexibility index (Phi) is 9.35. The highest BCUT2D eigenvalue weighted by molar-refractivity contribution is 14.0. The maximum atomic E-state index is 4.36. The van der Waals surface area contributed by atoms with Crippen LogP contribution in [-0.4, -0.2) is 41.3 Å². The molecule has 132 valence electrons. The zero-order chi connectivity index (χ0) is 16.7. The largest absolute Gasteiger partial charge is 0.356 e. The summed E-state index contributed by atoms with van der Waals surface area (Å²) < 4.78 is 3.10. The average molecular weight is 506 g/mol. The van der Waals surface area contributed by atoms with Gasteiger partial charge in [0.05, 0.1) is 6.20 Å². The van der Waals surface area contributed by atoms with Gasteiger partial charge in [-0.3, -0.25) is 9.67 Å². The van der Waals surface area contributed by atoms with Crippen molar-refractivity contribution in [3.63, 3.8) is 0 Å². The topological polar surface area (TPSA) is 45.5 Å². The monoisotopic (exact) mass is 505 g/mol. The minimum Gasteiger partial charge on any atom is -0.356 e. The van der Waals surface area contributed by atoms with Crippen molar-refractivity contribution < 1.29 is 0 Å². The molecule has 0 aliphatic rings. The second-order valence-corrected chi connectivity index (χ2v) is 6.41. The fraction of sp³-hybridized carbons (Fsp3) is 0.412. The number of aromatic nitrogens is 2. The number of nitrogens with one attached hydrogen (secondary N) is 1. The van der Waals surface area contributed by atoms with Gasteiger partial charge < -0.3 is 10.2 Å². The van der Waals surface area contributed by atoms with Crippen molar-refractivity contribution in [3.8, 4) is 0 Å². The molecular weight excluding hydrogens is 481 g/mol. The number of hydrogen-bond acceptors (Lipinski definition) is 2. The maximum Gasteiger partial charge on any atom is 0.193 e. The van der Waals surface area contributed by atoms with Gasteiger partial charge in [0, 0.05) is 44.4 Å². The van der Waals surface area contributed by atoms with Crippen LogP contribution in [0.15, 0.2) is 46.1 Å². The van der Waals surface area contributed by atoms with Crippen molar-refractivity contribution in [2.45, 2.75) is 26.4 Å². The third-order valence-corrected chi connectivity index (χ3v) is 4.32. The first-order valence-electron chi connectivity index (χ1n) is 7.74. The van der Waals surface area contributed by atoms with Crippen LogP contribution < -0.4 is 5.32 Å². The standard InChI is InChI=1S/C17H24BrN5.HI/c1-14-11-21-23(12-14)10-6-9-20-17(19-2)22(3)13-15-7-4-5-8-16(15)18;/h4-5,7-8,11-12H,6,9-10,13H2,1-3H3,(H,19,20);1H. The molecule has 1 N–H and O–H groups in total. The molecule has 0 amide bonds. The van der Waals surface area contributed by atoms with E-state index < -0.39 is 0 Å². The Morgan fingerprint density at radius 1 is 1.38 bits per heavy atom. The smallest absolute Gasteiger partial charge is 0.193 e. The van der Waals surface area contributed by atoms with E-state index in [1.54, 1.807) is 0 Å². The summed E-state index contributed by atoms with van der Waals surface area (Å²) in [5.74, 6) is 0.900. The van der Waals surface area contributed by atoms with E-state index >= 15 is 0 Å². The molecule has 0 unspecified atom stereocenters. The summed E-state index contributed by atoms with van der Waals surface area (Å²) >= 11 is 3.59. The molecule has 24 heavy (non-hydrogen) atoms. The van der Waals surface area contributed by atoms with Crippen LogP contribution in [0.25, 0.3) is 0 Å². The first-order valence-corrected chi connectivity index (χ1v) is 8.53. The van der Waals surface area contributed by atoms with E-state index in [0.29, 0.717) is 0 Å². The van der Waals surface area contributed by atoms with Crippen LogP contribution in [0, 0.1) is 6.92 Å². The summed E-state index contributed by atoms with van der Waals surface area (Å²) in [5, 5.41) is 7.70. The molecule has 1 heterocycles. The normalized spacial score (nSPS) is 11.1. The molecule has 1 aromatic heterocycles. The molecular formula is C17H25BrIN5. The number of guanidine groups is 1. The lowest BCUT2D eigenvalue weighted by atomic mass is 10.2. The molecule has 5 nitrogen and oxygen atoms in total. The van der Waals surface area contributed by atoms with Gasteiger partial charge in [0.15, 0.2) is 5.96 Å². The lowest BCUT2D eigenvalue weighted by molar-refractivity contribution is 0.470. The first kappa shape index (κ1) is 21.0. The molecule has 0 bridgehead atoms. The average Bonchev–Trinajstić information content (AvgIpc) is 2.95. The Morgan fingerprint density at radius 2 is 2.12 bits per heavy atom. The second kappa shape index (κ2) is 10.7. The molecule has 0 fully saturated rings. The summed E-state index contributed by atoms with van der Waals surface area (Å²) in [7, 11) is 3.86. The van der Waals surface area contributed by atoms with Crippen molar-refractivity contribution in [2.24, 2.45) is 4.99 Å². The molecule has 0 atom stereocenters. The first-order chi connectivity index (χ1) is 11.1.